The van der Waals surface area contributed by atoms with Crippen LogP contribution < -0.4 is 11.1 Å². The highest BCUT2D eigenvalue weighted by Crippen LogP contribution is 2.26. The zero-order chi connectivity index (χ0) is 14.0. The number of carbonyl (C=O) groups excluding carboxylic acids is 1. The first-order valence-electron chi connectivity index (χ1n) is 5.79. The lowest BCUT2D eigenvalue weighted by Gasteiger charge is -2.06. The van der Waals surface area contributed by atoms with Gasteiger partial charge in [0.2, 0.25) is 5.91 Å². The summed E-state index contributed by atoms with van der Waals surface area (Å²) in [5.74, 6) is -0.292. The molecule has 7 heteroatoms. The Labute approximate surface area is 117 Å². The van der Waals surface area contributed by atoms with Crippen molar-refractivity contribution in [1.29, 1.82) is 0 Å². The number of fused-ring (bicyclic) bond motifs is 1. The van der Waals surface area contributed by atoms with Gasteiger partial charge in [0.05, 0.1) is 21.0 Å². The van der Waals surface area contributed by atoms with Gasteiger partial charge in [-0.05, 0) is 32.0 Å². The van der Waals surface area contributed by atoms with Gasteiger partial charge in [0, 0.05) is 11.7 Å². The number of thiazole rings is 1. The van der Waals surface area contributed by atoms with Crippen LogP contribution in [0.25, 0.3) is 10.2 Å². The van der Waals surface area contributed by atoms with E-state index >= 15 is 0 Å². The molecule has 3 N–H and O–H groups in total. The van der Waals surface area contributed by atoms with E-state index in [1.807, 2.05) is 13.8 Å². The predicted octanol–water partition coefficient (Wildman–Crippen LogP) is 1.51. The fraction of sp³-hybridized carbons (Fsp3) is 0.333. The first kappa shape index (κ1) is 14.0. The van der Waals surface area contributed by atoms with Crippen LogP contribution in [0.4, 0.5) is 5.69 Å². The SMILES string of the molecule is CC(C)NC(=O)CS(=O)c1nc2ccc(N)cc2s1. The maximum atomic E-state index is 12.1. The zero-order valence-corrected chi connectivity index (χ0v) is 12.3. The van der Waals surface area contributed by atoms with E-state index in [4.69, 9.17) is 5.73 Å². The lowest BCUT2D eigenvalue weighted by Crippen LogP contribution is -2.33. The van der Waals surface area contributed by atoms with Gasteiger partial charge in [0.25, 0.3) is 0 Å². The number of nitrogens with zero attached hydrogens (tertiary/aromatic N) is 1. The Morgan fingerprint density at radius 2 is 2.26 bits per heavy atom. The third-order valence-electron chi connectivity index (χ3n) is 2.30. The molecule has 1 atom stereocenters. The number of nitrogens with two attached hydrogens (primary N) is 1. The number of amides is 1. The number of hydrogen-bond acceptors (Lipinski definition) is 5. The van der Waals surface area contributed by atoms with Gasteiger partial charge in [0.15, 0.2) is 4.34 Å². The molecule has 0 aliphatic heterocycles. The molecule has 0 saturated heterocycles. The van der Waals surface area contributed by atoms with Crippen LogP contribution in [0, 0.1) is 0 Å². The standard InChI is InChI=1S/C12H15N3O2S2/c1-7(2)14-11(16)6-19(17)12-15-9-4-3-8(13)5-10(9)18-12/h3-5,7H,6,13H2,1-2H3,(H,14,16). The molecular formula is C12H15N3O2S2. The molecule has 0 spiro atoms. The Hall–Kier alpha value is -1.47. The van der Waals surface area contributed by atoms with Crippen LogP contribution in [-0.2, 0) is 15.6 Å². The van der Waals surface area contributed by atoms with E-state index in [0.29, 0.717) is 10.0 Å². The first-order valence-corrected chi connectivity index (χ1v) is 7.93. The molecule has 2 aromatic rings. The van der Waals surface area contributed by atoms with Crippen molar-refractivity contribution in [1.82, 2.24) is 10.3 Å². The Morgan fingerprint density at radius 1 is 1.53 bits per heavy atom. The van der Waals surface area contributed by atoms with E-state index < -0.39 is 10.8 Å². The molecule has 0 radical (unpaired) electrons. The summed E-state index contributed by atoms with van der Waals surface area (Å²) in [5.41, 5.74) is 7.08. The van der Waals surface area contributed by atoms with Crippen molar-refractivity contribution in [2.45, 2.75) is 24.2 Å². The number of rotatable bonds is 4. The summed E-state index contributed by atoms with van der Waals surface area (Å²) < 4.78 is 13.4. The predicted molar refractivity (Wildman–Crippen MR) is 78.6 cm³/mol. The van der Waals surface area contributed by atoms with Gasteiger partial charge in [-0.3, -0.25) is 9.00 Å². The molecule has 1 amide bonds. The summed E-state index contributed by atoms with van der Waals surface area (Å²) in [5, 5.41) is 2.71. The van der Waals surface area contributed by atoms with E-state index in [-0.39, 0.29) is 17.7 Å². The Bertz CT molecular complexity index is 637. The minimum Gasteiger partial charge on any atom is -0.399 e. The molecule has 1 aromatic carbocycles. The Balaban J connectivity index is 2.15. The smallest absolute Gasteiger partial charge is 0.233 e. The fourth-order valence-corrected chi connectivity index (χ4v) is 3.77. The van der Waals surface area contributed by atoms with Gasteiger partial charge in [-0.2, -0.15) is 0 Å². The lowest BCUT2D eigenvalue weighted by molar-refractivity contribution is -0.119. The van der Waals surface area contributed by atoms with Crippen LogP contribution >= 0.6 is 11.3 Å². The van der Waals surface area contributed by atoms with E-state index in [1.54, 1.807) is 18.2 Å². The maximum absolute atomic E-state index is 12.1. The normalized spacial score (nSPS) is 12.8. The van der Waals surface area contributed by atoms with E-state index in [0.717, 1.165) is 10.2 Å². The fourth-order valence-electron chi connectivity index (χ4n) is 1.56. The monoisotopic (exact) mass is 297 g/mol. The van der Waals surface area contributed by atoms with Gasteiger partial charge in [-0.15, -0.1) is 11.3 Å². The second-order valence-electron chi connectivity index (χ2n) is 4.42. The molecule has 1 unspecified atom stereocenters. The summed E-state index contributed by atoms with van der Waals surface area (Å²) in [6.07, 6.45) is 0. The maximum Gasteiger partial charge on any atom is 0.233 e. The van der Waals surface area contributed by atoms with Crippen molar-refractivity contribution >= 4 is 43.9 Å². The van der Waals surface area contributed by atoms with Crippen molar-refractivity contribution in [2.24, 2.45) is 0 Å². The van der Waals surface area contributed by atoms with Gasteiger partial charge >= 0.3 is 0 Å². The van der Waals surface area contributed by atoms with Gasteiger partial charge < -0.3 is 11.1 Å². The van der Waals surface area contributed by atoms with E-state index in [2.05, 4.69) is 10.3 Å². The molecule has 1 aromatic heterocycles. The number of benzene rings is 1. The Morgan fingerprint density at radius 3 is 2.95 bits per heavy atom. The van der Waals surface area contributed by atoms with Gasteiger partial charge in [-0.25, -0.2) is 4.98 Å². The van der Waals surface area contributed by atoms with E-state index in [1.165, 1.54) is 11.3 Å². The molecule has 102 valence electrons. The van der Waals surface area contributed by atoms with Crippen LogP contribution in [0.3, 0.4) is 0 Å². The first-order chi connectivity index (χ1) is 8.95. The zero-order valence-electron chi connectivity index (χ0n) is 10.7. The number of aromatic nitrogens is 1. The number of anilines is 1. The molecule has 0 aliphatic carbocycles. The average molecular weight is 297 g/mol. The quantitative estimate of drug-likeness (QED) is 0.838. The Kier molecular flexibility index (Phi) is 4.16. The number of carbonyl (C=O) groups is 1. The summed E-state index contributed by atoms with van der Waals surface area (Å²) in [4.78, 5) is 15.8. The second-order valence-corrected chi connectivity index (χ2v) is 7.07. The molecule has 0 fully saturated rings. The summed E-state index contributed by atoms with van der Waals surface area (Å²) >= 11 is 1.31. The van der Waals surface area contributed by atoms with Gasteiger partial charge in [-0.1, -0.05) is 0 Å². The summed E-state index contributed by atoms with van der Waals surface area (Å²) in [6, 6.07) is 5.37. The third kappa shape index (κ3) is 3.51. The largest absolute Gasteiger partial charge is 0.399 e. The molecule has 5 nitrogen and oxygen atoms in total. The highest BCUT2D eigenvalue weighted by Gasteiger charge is 2.15. The third-order valence-corrected chi connectivity index (χ3v) is 4.93. The molecule has 0 saturated carbocycles. The molecule has 19 heavy (non-hydrogen) atoms. The molecule has 0 aliphatic rings. The second kappa shape index (κ2) is 5.66. The molecule has 2 rings (SSSR count). The van der Waals surface area contributed by atoms with Crippen molar-refractivity contribution in [3.8, 4) is 0 Å². The topological polar surface area (TPSA) is 85.1 Å². The van der Waals surface area contributed by atoms with Crippen molar-refractivity contribution in [3.63, 3.8) is 0 Å². The minimum absolute atomic E-state index is 0.0414. The van der Waals surface area contributed by atoms with Crippen LogP contribution in [0.15, 0.2) is 22.5 Å². The average Bonchev–Trinajstić information content (AvgIpc) is 2.70. The van der Waals surface area contributed by atoms with Crippen molar-refractivity contribution in [2.75, 3.05) is 11.5 Å². The minimum atomic E-state index is -1.41. The number of nitrogen functional groups attached to an aromatic ring is 1. The van der Waals surface area contributed by atoms with Crippen LogP contribution in [0.2, 0.25) is 0 Å². The van der Waals surface area contributed by atoms with Gasteiger partial charge in [0.1, 0.15) is 5.75 Å². The highest BCUT2D eigenvalue weighted by molar-refractivity contribution is 7.88. The summed E-state index contributed by atoms with van der Waals surface area (Å²) in [7, 11) is -1.41. The highest BCUT2D eigenvalue weighted by atomic mass is 32.2. The van der Waals surface area contributed by atoms with Crippen molar-refractivity contribution < 1.29 is 9.00 Å². The van der Waals surface area contributed by atoms with Crippen molar-refractivity contribution in [3.05, 3.63) is 18.2 Å². The number of hydrogen-bond donors (Lipinski definition) is 2. The number of nitrogens with one attached hydrogen (secondary N) is 1. The lowest BCUT2D eigenvalue weighted by atomic mass is 10.3. The molecule has 0 bridgehead atoms. The van der Waals surface area contributed by atoms with Crippen LogP contribution in [0.5, 0.6) is 0 Å². The van der Waals surface area contributed by atoms with Crippen LogP contribution in [-0.4, -0.2) is 26.9 Å². The molecule has 1 heterocycles. The van der Waals surface area contributed by atoms with E-state index in [9.17, 15) is 9.00 Å². The summed E-state index contributed by atoms with van der Waals surface area (Å²) in [6.45, 7) is 3.72. The van der Waals surface area contributed by atoms with Crippen LogP contribution in [0.1, 0.15) is 13.8 Å². The molecular weight excluding hydrogens is 282 g/mol.